The summed E-state index contributed by atoms with van der Waals surface area (Å²) in [5.74, 6) is -2.45. The summed E-state index contributed by atoms with van der Waals surface area (Å²) in [5, 5.41) is 8.99. The average molecular weight is 232 g/mol. The van der Waals surface area contributed by atoms with E-state index in [1.54, 1.807) is 0 Å². The molecule has 1 N–H and O–H groups in total. The number of hydrogen-bond donors (Lipinski definition) is 1. The fraction of sp³-hybridized carbons (Fsp3) is 0.273. The molecule has 86 valence electrons. The van der Waals surface area contributed by atoms with E-state index in [1.807, 2.05) is 0 Å². The molecule has 0 spiro atoms. The Kier molecular flexibility index (Phi) is 1.83. The molecule has 0 aromatic carbocycles. The highest BCUT2D eigenvalue weighted by Gasteiger charge is 2.60. The minimum absolute atomic E-state index is 0.0674. The number of carbonyl (C=O) groups excluding carboxylic acids is 2. The number of fused-ring (bicyclic) bond motifs is 1. The highest BCUT2D eigenvalue weighted by molar-refractivity contribution is 6.25. The molecule has 1 saturated carbocycles. The average Bonchev–Trinajstić information content (AvgIpc) is 3.05. The minimum Gasteiger partial charge on any atom is -0.478 e. The lowest BCUT2D eigenvalue weighted by atomic mass is 10.2. The van der Waals surface area contributed by atoms with Gasteiger partial charge in [-0.2, -0.15) is 0 Å². The fourth-order valence-corrected chi connectivity index (χ4v) is 2.13. The number of pyridine rings is 1. The summed E-state index contributed by atoms with van der Waals surface area (Å²) in [4.78, 5) is 39.4. The normalized spacial score (nSPS) is 26.0. The van der Waals surface area contributed by atoms with Gasteiger partial charge in [0.05, 0.1) is 11.8 Å². The van der Waals surface area contributed by atoms with Crippen molar-refractivity contribution in [1.29, 1.82) is 0 Å². The van der Waals surface area contributed by atoms with E-state index in [2.05, 4.69) is 4.98 Å². The molecule has 17 heavy (non-hydrogen) atoms. The second kappa shape index (κ2) is 3.13. The van der Waals surface area contributed by atoms with Crippen LogP contribution in [0.1, 0.15) is 16.8 Å². The Bertz CT molecular complexity index is 534. The van der Waals surface area contributed by atoms with Crippen molar-refractivity contribution in [2.45, 2.75) is 6.42 Å². The third-order valence-electron chi connectivity index (χ3n) is 3.09. The number of aromatic carboxylic acids is 1. The summed E-state index contributed by atoms with van der Waals surface area (Å²) in [6.07, 6.45) is 1.95. The molecule has 0 radical (unpaired) electrons. The lowest BCUT2D eigenvalue weighted by Gasteiger charge is -2.16. The number of hydrogen-bond acceptors (Lipinski definition) is 4. The van der Waals surface area contributed by atoms with Gasteiger partial charge in [-0.15, -0.1) is 0 Å². The maximum Gasteiger partial charge on any atom is 0.339 e. The third-order valence-corrected chi connectivity index (χ3v) is 3.09. The molecule has 1 aliphatic heterocycles. The molecule has 2 heterocycles. The molecule has 1 saturated heterocycles. The van der Waals surface area contributed by atoms with Crippen LogP contribution in [0.4, 0.5) is 5.82 Å². The van der Waals surface area contributed by atoms with E-state index in [-0.39, 0.29) is 35.0 Å². The predicted molar refractivity (Wildman–Crippen MR) is 55.3 cm³/mol. The van der Waals surface area contributed by atoms with Crippen LogP contribution >= 0.6 is 0 Å². The van der Waals surface area contributed by atoms with E-state index >= 15 is 0 Å². The van der Waals surface area contributed by atoms with Crippen LogP contribution in [0, 0.1) is 11.8 Å². The highest BCUT2D eigenvalue weighted by Crippen LogP contribution is 2.48. The quantitative estimate of drug-likeness (QED) is 0.740. The van der Waals surface area contributed by atoms with Gasteiger partial charge in [-0.1, -0.05) is 0 Å². The van der Waals surface area contributed by atoms with Crippen molar-refractivity contribution in [3.63, 3.8) is 0 Å². The first-order valence-corrected chi connectivity index (χ1v) is 5.17. The minimum atomic E-state index is -1.20. The van der Waals surface area contributed by atoms with Crippen molar-refractivity contribution in [1.82, 2.24) is 4.98 Å². The van der Waals surface area contributed by atoms with Gasteiger partial charge in [0.25, 0.3) is 0 Å². The Labute approximate surface area is 95.9 Å². The SMILES string of the molecule is O=C(O)c1cccnc1N1C(=O)C2CC2C1=O. The standard InChI is InChI=1S/C11H8N2O4/c14-9-6-4-7(6)10(15)13(9)8-5(11(16)17)2-1-3-12-8/h1-3,6-7H,4H2,(H,16,17). The monoisotopic (exact) mass is 232 g/mol. The van der Waals surface area contributed by atoms with E-state index in [0.29, 0.717) is 6.42 Å². The van der Waals surface area contributed by atoms with Gasteiger partial charge >= 0.3 is 5.97 Å². The molecule has 1 aliphatic carbocycles. The summed E-state index contributed by atoms with van der Waals surface area (Å²) in [6, 6.07) is 2.79. The van der Waals surface area contributed by atoms with Crippen molar-refractivity contribution >= 4 is 23.6 Å². The van der Waals surface area contributed by atoms with Gasteiger partial charge in [-0.05, 0) is 18.6 Å². The molecule has 2 atom stereocenters. The van der Waals surface area contributed by atoms with E-state index in [9.17, 15) is 14.4 Å². The maximum absolute atomic E-state index is 11.8. The van der Waals surface area contributed by atoms with Crippen molar-refractivity contribution in [3.8, 4) is 0 Å². The zero-order valence-electron chi connectivity index (χ0n) is 8.66. The number of nitrogens with zero attached hydrogens (tertiary/aromatic N) is 2. The molecule has 2 fully saturated rings. The molecule has 1 aromatic rings. The lowest BCUT2D eigenvalue weighted by molar-refractivity contribution is -0.123. The van der Waals surface area contributed by atoms with Gasteiger partial charge in [0, 0.05) is 6.20 Å². The molecular formula is C11H8N2O4. The first-order valence-electron chi connectivity index (χ1n) is 5.17. The van der Waals surface area contributed by atoms with Crippen molar-refractivity contribution in [2.75, 3.05) is 4.90 Å². The van der Waals surface area contributed by atoms with Crippen LogP contribution in [0.25, 0.3) is 0 Å². The van der Waals surface area contributed by atoms with Crippen LogP contribution in [0.3, 0.4) is 0 Å². The maximum atomic E-state index is 11.8. The fourth-order valence-electron chi connectivity index (χ4n) is 2.13. The van der Waals surface area contributed by atoms with Crippen LogP contribution in [0.2, 0.25) is 0 Å². The number of amides is 2. The summed E-state index contributed by atoms with van der Waals surface area (Å²) in [6.45, 7) is 0. The molecular weight excluding hydrogens is 224 g/mol. The number of rotatable bonds is 2. The van der Waals surface area contributed by atoms with Crippen molar-refractivity contribution in [3.05, 3.63) is 23.9 Å². The summed E-state index contributed by atoms with van der Waals surface area (Å²) in [7, 11) is 0. The molecule has 6 nitrogen and oxygen atoms in total. The number of aromatic nitrogens is 1. The first-order chi connectivity index (χ1) is 8.11. The van der Waals surface area contributed by atoms with Crippen LogP contribution in [-0.2, 0) is 9.59 Å². The lowest BCUT2D eigenvalue weighted by Crippen LogP contribution is -2.34. The molecule has 6 heteroatoms. The number of carboxylic acid groups (broad SMARTS) is 1. The Morgan fingerprint density at radius 2 is 2.00 bits per heavy atom. The smallest absolute Gasteiger partial charge is 0.339 e. The summed E-state index contributed by atoms with van der Waals surface area (Å²) >= 11 is 0. The molecule has 2 aliphatic rings. The molecule has 2 unspecified atom stereocenters. The number of anilines is 1. The van der Waals surface area contributed by atoms with Crippen LogP contribution in [0.5, 0.6) is 0 Å². The van der Waals surface area contributed by atoms with Crippen LogP contribution in [-0.4, -0.2) is 27.9 Å². The van der Waals surface area contributed by atoms with Gasteiger partial charge < -0.3 is 5.11 Å². The molecule has 1 aromatic heterocycles. The summed E-state index contributed by atoms with van der Waals surface area (Å²) < 4.78 is 0. The third kappa shape index (κ3) is 1.27. The second-order valence-corrected chi connectivity index (χ2v) is 4.14. The van der Waals surface area contributed by atoms with E-state index in [4.69, 9.17) is 5.11 Å². The number of piperidine rings is 1. The van der Waals surface area contributed by atoms with Gasteiger partial charge in [-0.3, -0.25) is 9.59 Å². The van der Waals surface area contributed by atoms with Gasteiger partial charge in [0.2, 0.25) is 11.8 Å². The Hall–Kier alpha value is -2.24. The van der Waals surface area contributed by atoms with E-state index in [1.165, 1.54) is 18.3 Å². The molecule has 3 rings (SSSR count). The van der Waals surface area contributed by atoms with E-state index < -0.39 is 5.97 Å². The Morgan fingerprint density at radius 1 is 1.35 bits per heavy atom. The largest absolute Gasteiger partial charge is 0.478 e. The second-order valence-electron chi connectivity index (χ2n) is 4.14. The van der Waals surface area contributed by atoms with E-state index in [0.717, 1.165) is 4.90 Å². The zero-order valence-corrected chi connectivity index (χ0v) is 8.66. The summed E-state index contributed by atoms with van der Waals surface area (Å²) in [5.41, 5.74) is -0.129. The van der Waals surface area contributed by atoms with Gasteiger partial charge in [-0.25, -0.2) is 14.7 Å². The van der Waals surface area contributed by atoms with Crippen LogP contribution in [0.15, 0.2) is 18.3 Å². The number of imide groups is 1. The molecule has 2 amide bonds. The van der Waals surface area contributed by atoms with Gasteiger partial charge in [0.1, 0.15) is 5.56 Å². The van der Waals surface area contributed by atoms with Gasteiger partial charge in [0.15, 0.2) is 5.82 Å². The van der Waals surface area contributed by atoms with Crippen molar-refractivity contribution in [2.24, 2.45) is 11.8 Å². The first kappa shape index (κ1) is 9.95. The highest BCUT2D eigenvalue weighted by atomic mass is 16.4. The number of carbonyl (C=O) groups is 3. The predicted octanol–water partition coefficient (Wildman–Crippen LogP) is 0.289. The van der Waals surface area contributed by atoms with Crippen molar-refractivity contribution < 1.29 is 19.5 Å². The Balaban J connectivity index is 2.08. The Morgan fingerprint density at radius 3 is 2.59 bits per heavy atom. The van der Waals surface area contributed by atoms with Crippen LogP contribution < -0.4 is 4.90 Å². The number of carboxylic acids is 1. The zero-order chi connectivity index (χ0) is 12.2. The molecule has 0 bridgehead atoms. The topological polar surface area (TPSA) is 87.6 Å².